The first-order valence-electron chi connectivity index (χ1n) is 11.5. The molecule has 8 heteroatoms. The maximum atomic E-state index is 12.6. The molecule has 0 aromatic carbocycles. The van der Waals surface area contributed by atoms with Gasteiger partial charge < -0.3 is 14.9 Å². The summed E-state index contributed by atoms with van der Waals surface area (Å²) in [7, 11) is 0. The molecule has 1 spiro atoms. The Bertz CT molecular complexity index is 564. The summed E-state index contributed by atoms with van der Waals surface area (Å²) in [5.74, 6) is -1.52. The van der Waals surface area contributed by atoms with Crippen molar-refractivity contribution in [3.05, 3.63) is 0 Å². The van der Waals surface area contributed by atoms with Crippen LogP contribution in [0.15, 0.2) is 0 Å². The minimum Gasteiger partial charge on any atom is -0.475 e. The van der Waals surface area contributed by atoms with E-state index in [2.05, 4.69) is 16.7 Å². The maximum Gasteiger partial charge on any atom is 0.490 e. The van der Waals surface area contributed by atoms with Crippen LogP contribution in [-0.4, -0.2) is 64.7 Å². The van der Waals surface area contributed by atoms with Crippen LogP contribution in [0.2, 0.25) is 0 Å². The summed E-state index contributed by atoms with van der Waals surface area (Å²) in [6.45, 7) is 7.04. The summed E-state index contributed by atoms with van der Waals surface area (Å²) in [4.78, 5) is 26.5. The van der Waals surface area contributed by atoms with Gasteiger partial charge in [0.1, 0.15) is 0 Å². The van der Waals surface area contributed by atoms with Crippen molar-refractivity contribution in [2.75, 3.05) is 26.2 Å². The van der Waals surface area contributed by atoms with Gasteiger partial charge >= 0.3 is 12.1 Å². The second kappa shape index (κ2) is 11.3. The Morgan fingerprint density at radius 1 is 1.10 bits per heavy atom. The van der Waals surface area contributed by atoms with Crippen molar-refractivity contribution in [3.63, 3.8) is 0 Å². The van der Waals surface area contributed by atoms with Crippen LogP contribution in [0, 0.1) is 5.92 Å². The van der Waals surface area contributed by atoms with E-state index >= 15 is 0 Å². The number of carboxylic acids is 1. The molecule has 1 amide bonds. The predicted octanol–water partition coefficient (Wildman–Crippen LogP) is 4.85. The van der Waals surface area contributed by atoms with Crippen molar-refractivity contribution >= 4 is 11.9 Å². The van der Waals surface area contributed by atoms with Gasteiger partial charge in [0.2, 0.25) is 5.91 Å². The molecule has 3 aliphatic rings. The zero-order chi connectivity index (χ0) is 22.2. The number of carboxylic acid groups (broad SMARTS) is 1. The molecular formula is C22H37F3N2O3. The summed E-state index contributed by atoms with van der Waals surface area (Å²) in [6.07, 6.45) is 10.1. The van der Waals surface area contributed by atoms with E-state index in [1.165, 1.54) is 83.8 Å². The van der Waals surface area contributed by atoms with Crippen LogP contribution >= 0.6 is 0 Å². The van der Waals surface area contributed by atoms with Crippen LogP contribution < -0.4 is 0 Å². The van der Waals surface area contributed by atoms with Gasteiger partial charge in [0.15, 0.2) is 0 Å². The van der Waals surface area contributed by atoms with Gasteiger partial charge in [0.05, 0.1) is 0 Å². The quantitative estimate of drug-likeness (QED) is 0.672. The number of aliphatic carboxylic acids is 1. The fraction of sp³-hybridized carbons (Fsp3) is 0.909. The Hall–Kier alpha value is -1.31. The number of carbonyl (C=O) groups excluding carboxylic acids is 1. The van der Waals surface area contributed by atoms with Crippen molar-refractivity contribution in [2.45, 2.75) is 95.7 Å². The van der Waals surface area contributed by atoms with Gasteiger partial charge in [-0.05, 0) is 64.0 Å². The molecule has 5 nitrogen and oxygen atoms in total. The molecule has 0 aromatic heterocycles. The number of amides is 1. The van der Waals surface area contributed by atoms with E-state index in [9.17, 15) is 18.0 Å². The second-order valence-corrected chi connectivity index (χ2v) is 9.08. The number of likely N-dealkylation sites (tertiary alicyclic amines) is 2. The smallest absolute Gasteiger partial charge is 0.475 e. The Morgan fingerprint density at radius 2 is 1.77 bits per heavy atom. The van der Waals surface area contributed by atoms with Gasteiger partial charge in [0.25, 0.3) is 0 Å². The number of hydrogen-bond acceptors (Lipinski definition) is 3. The van der Waals surface area contributed by atoms with E-state index in [-0.39, 0.29) is 5.54 Å². The normalized spacial score (nSPS) is 26.4. The molecule has 0 radical (unpaired) electrons. The Morgan fingerprint density at radius 3 is 2.37 bits per heavy atom. The molecule has 0 bridgehead atoms. The number of rotatable bonds is 5. The monoisotopic (exact) mass is 434 g/mol. The van der Waals surface area contributed by atoms with Crippen molar-refractivity contribution in [3.8, 4) is 0 Å². The molecule has 0 aromatic rings. The van der Waals surface area contributed by atoms with E-state index in [0.29, 0.717) is 5.91 Å². The molecule has 174 valence electrons. The zero-order valence-corrected chi connectivity index (χ0v) is 18.2. The lowest BCUT2D eigenvalue weighted by Crippen LogP contribution is -2.48. The Labute approximate surface area is 178 Å². The SMILES string of the molecule is CCCCN1CCCC2(CCC(=O)N2CC2CCCCC2)CC1.O=C(O)C(F)(F)F. The molecule has 3 fully saturated rings. The van der Waals surface area contributed by atoms with Gasteiger partial charge in [-0.1, -0.05) is 32.6 Å². The van der Waals surface area contributed by atoms with Crippen LogP contribution in [0.4, 0.5) is 13.2 Å². The number of nitrogens with zero attached hydrogens (tertiary/aromatic N) is 2. The average molecular weight is 435 g/mol. The minimum absolute atomic E-state index is 0.218. The lowest BCUT2D eigenvalue weighted by Gasteiger charge is -2.41. The molecule has 2 aliphatic heterocycles. The van der Waals surface area contributed by atoms with Crippen LogP contribution in [0.5, 0.6) is 0 Å². The van der Waals surface area contributed by atoms with Gasteiger partial charge in [-0.2, -0.15) is 13.2 Å². The van der Waals surface area contributed by atoms with Crippen molar-refractivity contribution in [1.82, 2.24) is 9.80 Å². The first-order chi connectivity index (χ1) is 14.2. The second-order valence-electron chi connectivity index (χ2n) is 9.08. The molecule has 1 aliphatic carbocycles. The van der Waals surface area contributed by atoms with Gasteiger partial charge in [-0.15, -0.1) is 0 Å². The topological polar surface area (TPSA) is 60.9 Å². The lowest BCUT2D eigenvalue weighted by atomic mass is 9.84. The molecule has 30 heavy (non-hydrogen) atoms. The number of unbranched alkanes of at least 4 members (excludes halogenated alkanes) is 1. The van der Waals surface area contributed by atoms with Crippen LogP contribution in [0.1, 0.15) is 84.0 Å². The standard InChI is InChI=1S/C20H36N2O.C2HF3O2/c1-2-3-14-21-15-7-11-20(13-16-21)12-10-19(23)22(20)17-18-8-5-4-6-9-18;3-2(4,5)1(6)7/h18H,2-17H2,1H3;(H,6,7). The summed E-state index contributed by atoms with van der Waals surface area (Å²) < 4.78 is 31.7. The van der Waals surface area contributed by atoms with E-state index in [1.807, 2.05) is 0 Å². The van der Waals surface area contributed by atoms with E-state index in [4.69, 9.17) is 9.90 Å². The lowest BCUT2D eigenvalue weighted by molar-refractivity contribution is -0.192. The molecule has 1 saturated carbocycles. The number of halogens is 3. The minimum atomic E-state index is -5.08. The number of alkyl halides is 3. The largest absolute Gasteiger partial charge is 0.490 e. The summed E-state index contributed by atoms with van der Waals surface area (Å²) >= 11 is 0. The Kier molecular flexibility index (Phi) is 9.44. The molecule has 1 atom stereocenters. The highest BCUT2D eigenvalue weighted by Crippen LogP contribution is 2.40. The van der Waals surface area contributed by atoms with Crippen LogP contribution in [-0.2, 0) is 9.59 Å². The van der Waals surface area contributed by atoms with Crippen molar-refractivity contribution < 1.29 is 27.9 Å². The van der Waals surface area contributed by atoms with Gasteiger partial charge in [0, 0.05) is 25.0 Å². The summed E-state index contributed by atoms with van der Waals surface area (Å²) in [5.41, 5.74) is 0.218. The highest BCUT2D eigenvalue weighted by atomic mass is 19.4. The first kappa shape index (κ1) is 25.0. The van der Waals surface area contributed by atoms with E-state index < -0.39 is 12.1 Å². The summed E-state index contributed by atoms with van der Waals surface area (Å²) in [6, 6.07) is 0. The molecular weight excluding hydrogens is 397 g/mol. The average Bonchev–Trinajstić information content (AvgIpc) is 2.88. The molecule has 2 heterocycles. The molecule has 2 saturated heterocycles. The number of hydrogen-bond donors (Lipinski definition) is 1. The van der Waals surface area contributed by atoms with Gasteiger partial charge in [-0.25, -0.2) is 4.79 Å². The Balaban J connectivity index is 0.000000396. The third-order valence-corrected chi connectivity index (χ3v) is 6.92. The first-order valence-corrected chi connectivity index (χ1v) is 11.5. The van der Waals surface area contributed by atoms with Crippen LogP contribution in [0.3, 0.4) is 0 Å². The highest BCUT2D eigenvalue weighted by Gasteiger charge is 2.46. The zero-order valence-electron chi connectivity index (χ0n) is 18.2. The molecule has 1 unspecified atom stereocenters. The van der Waals surface area contributed by atoms with Gasteiger partial charge in [-0.3, -0.25) is 4.79 Å². The third-order valence-electron chi connectivity index (χ3n) is 6.92. The summed E-state index contributed by atoms with van der Waals surface area (Å²) in [5, 5.41) is 7.12. The fourth-order valence-corrected chi connectivity index (χ4v) is 5.16. The fourth-order valence-electron chi connectivity index (χ4n) is 5.16. The molecule has 1 N–H and O–H groups in total. The number of carbonyl (C=O) groups is 2. The van der Waals surface area contributed by atoms with E-state index in [0.717, 1.165) is 25.3 Å². The van der Waals surface area contributed by atoms with Crippen molar-refractivity contribution in [1.29, 1.82) is 0 Å². The highest BCUT2D eigenvalue weighted by molar-refractivity contribution is 5.79. The maximum absolute atomic E-state index is 12.6. The van der Waals surface area contributed by atoms with E-state index in [1.54, 1.807) is 0 Å². The van der Waals surface area contributed by atoms with Crippen LogP contribution in [0.25, 0.3) is 0 Å². The molecule has 3 rings (SSSR count). The third kappa shape index (κ3) is 7.13. The van der Waals surface area contributed by atoms with Crippen molar-refractivity contribution in [2.24, 2.45) is 5.92 Å². The predicted molar refractivity (Wildman–Crippen MR) is 109 cm³/mol.